The smallest absolute Gasteiger partial charge is 0.241 e. The Kier molecular flexibility index (Phi) is 4.31. The summed E-state index contributed by atoms with van der Waals surface area (Å²) >= 11 is 0. The maximum Gasteiger partial charge on any atom is 0.241 e. The molecule has 0 saturated heterocycles. The third-order valence-electron chi connectivity index (χ3n) is 2.35. The van der Waals surface area contributed by atoms with Gasteiger partial charge in [-0.15, -0.1) is 0 Å². The first-order valence-corrected chi connectivity index (χ1v) is 6.78. The molecule has 1 aromatic carbocycles. The van der Waals surface area contributed by atoms with E-state index >= 15 is 0 Å². The maximum absolute atomic E-state index is 13.2. The van der Waals surface area contributed by atoms with Gasteiger partial charge in [-0.1, -0.05) is 0 Å². The molecular formula is C11H17FN2O3S. The highest BCUT2D eigenvalue weighted by Crippen LogP contribution is 2.22. The zero-order valence-corrected chi connectivity index (χ0v) is 11.3. The van der Waals surface area contributed by atoms with Crippen LogP contribution in [0.4, 0.5) is 4.39 Å². The van der Waals surface area contributed by atoms with E-state index in [0.29, 0.717) is 0 Å². The topological polar surface area (TPSA) is 81.4 Å². The fourth-order valence-corrected chi connectivity index (χ4v) is 2.71. The number of methoxy groups -OCH3 is 1. The second kappa shape index (κ2) is 5.21. The fraction of sp³-hybridized carbons (Fsp3) is 0.455. The Bertz CT molecular complexity index is 529. The molecule has 0 saturated carbocycles. The van der Waals surface area contributed by atoms with Gasteiger partial charge in [-0.2, -0.15) is 0 Å². The minimum atomic E-state index is -3.76. The van der Waals surface area contributed by atoms with Gasteiger partial charge in [-0.05, 0) is 26.0 Å². The first-order chi connectivity index (χ1) is 8.22. The normalized spacial score (nSPS) is 12.5. The van der Waals surface area contributed by atoms with Crippen molar-refractivity contribution < 1.29 is 17.5 Å². The molecule has 0 aromatic heterocycles. The second-order valence-corrected chi connectivity index (χ2v) is 6.17. The number of sulfonamides is 1. The van der Waals surface area contributed by atoms with Crippen LogP contribution in [0.2, 0.25) is 0 Å². The molecule has 3 N–H and O–H groups in total. The number of nitrogens with two attached hydrogens (primary N) is 1. The average molecular weight is 276 g/mol. The number of benzene rings is 1. The Morgan fingerprint density at radius 2 is 2.06 bits per heavy atom. The van der Waals surface area contributed by atoms with Crippen molar-refractivity contribution in [3.8, 4) is 5.75 Å². The van der Waals surface area contributed by atoms with Crippen molar-refractivity contribution in [2.45, 2.75) is 24.3 Å². The quantitative estimate of drug-likeness (QED) is 0.835. The van der Waals surface area contributed by atoms with E-state index in [1.54, 1.807) is 13.8 Å². The molecule has 0 unspecified atom stereocenters. The lowest BCUT2D eigenvalue weighted by atomic mass is 10.1. The van der Waals surface area contributed by atoms with Crippen molar-refractivity contribution >= 4 is 10.0 Å². The summed E-state index contributed by atoms with van der Waals surface area (Å²) in [4.78, 5) is -0.0673. The summed E-state index contributed by atoms with van der Waals surface area (Å²) in [7, 11) is -2.49. The molecule has 0 aliphatic heterocycles. The zero-order valence-electron chi connectivity index (χ0n) is 10.5. The highest BCUT2D eigenvalue weighted by atomic mass is 32.2. The zero-order chi connectivity index (χ0) is 14.0. The Hall–Kier alpha value is -1.18. The lowest BCUT2D eigenvalue weighted by Crippen LogP contribution is -2.48. The van der Waals surface area contributed by atoms with Gasteiger partial charge in [0.1, 0.15) is 0 Å². The number of hydrogen-bond acceptors (Lipinski definition) is 4. The van der Waals surface area contributed by atoms with Crippen molar-refractivity contribution in [2.24, 2.45) is 5.73 Å². The van der Waals surface area contributed by atoms with Crippen LogP contribution < -0.4 is 15.2 Å². The van der Waals surface area contributed by atoms with Crippen LogP contribution in [0.3, 0.4) is 0 Å². The van der Waals surface area contributed by atoms with Crippen LogP contribution in [0.5, 0.6) is 5.75 Å². The number of ether oxygens (including phenoxy) is 1. The molecule has 5 nitrogen and oxygen atoms in total. The van der Waals surface area contributed by atoms with Crippen LogP contribution in [0.25, 0.3) is 0 Å². The Balaban J connectivity index is 3.13. The van der Waals surface area contributed by atoms with E-state index in [-0.39, 0.29) is 17.2 Å². The molecule has 0 aliphatic carbocycles. The Morgan fingerprint density at radius 3 is 2.56 bits per heavy atom. The third-order valence-corrected chi connectivity index (χ3v) is 4.05. The molecule has 0 bridgehead atoms. The molecule has 0 heterocycles. The standard InChI is InChI=1S/C11H17FN2O3S/c1-11(2,7-13)14-18(15,16)8-4-5-9(12)10(6-8)17-3/h4-6,14H,7,13H2,1-3H3. The Morgan fingerprint density at radius 1 is 1.44 bits per heavy atom. The van der Waals surface area contributed by atoms with Gasteiger partial charge < -0.3 is 10.5 Å². The van der Waals surface area contributed by atoms with Crippen LogP contribution >= 0.6 is 0 Å². The summed E-state index contributed by atoms with van der Waals surface area (Å²) in [5.74, 6) is -0.738. The first-order valence-electron chi connectivity index (χ1n) is 5.29. The minimum absolute atomic E-state index is 0.0673. The van der Waals surface area contributed by atoms with Gasteiger partial charge in [0.05, 0.1) is 12.0 Å². The van der Waals surface area contributed by atoms with E-state index in [1.165, 1.54) is 13.2 Å². The van der Waals surface area contributed by atoms with Crippen molar-refractivity contribution in [2.75, 3.05) is 13.7 Å². The number of rotatable bonds is 5. The molecule has 102 valence electrons. The molecule has 18 heavy (non-hydrogen) atoms. The van der Waals surface area contributed by atoms with Gasteiger partial charge in [0.2, 0.25) is 10.0 Å². The largest absolute Gasteiger partial charge is 0.494 e. The van der Waals surface area contributed by atoms with Crippen LogP contribution in [0.15, 0.2) is 23.1 Å². The number of halogens is 1. The summed E-state index contributed by atoms with van der Waals surface area (Å²) < 4.78 is 44.5. The third kappa shape index (κ3) is 3.41. The summed E-state index contributed by atoms with van der Waals surface area (Å²) in [6.07, 6.45) is 0. The summed E-state index contributed by atoms with van der Waals surface area (Å²) in [5.41, 5.74) is 4.68. The maximum atomic E-state index is 13.2. The van der Waals surface area contributed by atoms with Gasteiger partial charge >= 0.3 is 0 Å². The minimum Gasteiger partial charge on any atom is -0.494 e. The van der Waals surface area contributed by atoms with E-state index in [0.717, 1.165) is 12.1 Å². The van der Waals surface area contributed by atoms with Gasteiger partial charge in [0, 0.05) is 18.2 Å². The molecule has 7 heteroatoms. The molecule has 0 spiro atoms. The number of hydrogen-bond donors (Lipinski definition) is 2. The second-order valence-electron chi connectivity index (χ2n) is 4.49. The van der Waals surface area contributed by atoms with Crippen molar-refractivity contribution in [3.63, 3.8) is 0 Å². The van der Waals surface area contributed by atoms with Crippen LogP contribution in [0, 0.1) is 5.82 Å². The fourth-order valence-electron chi connectivity index (χ4n) is 1.27. The van der Waals surface area contributed by atoms with Crippen molar-refractivity contribution in [3.05, 3.63) is 24.0 Å². The van der Waals surface area contributed by atoms with Crippen LogP contribution in [0.1, 0.15) is 13.8 Å². The molecule has 0 atom stereocenters. The predicted molar refractivity (Wildman–Crippen MR) is 66.4 cm³/mol. The van der Waals surface area contributed by atoms with Crippen LogP contribution in [-0.4, -0.2) is 27.6 Å². The average Bonchev–Trinajstić information content (AvgIpc) is 2.28. The van der Waals surface area contributed by atoms with Gasteiger partial charge in [0.15, 0.2) is 11.6 Å². The highest BCUT2D eigenvalue weighted by molar-refractivity contribution is 7.89. The van der Waals surface area contributed by atoms with Gasteiger partial charge in [-0.25, -0.2) is 17.5 Å². The summed E-state index contributed by atoms with van der Waals surface area (Å²) in [5, 5.41) is 0. The van der Waals surface area contributed by atoms with Crippen LogP contribution in [-0.2, 0) is 10.0 Å². The lowest BCUT2D eigenvalue weighted by Gasteiger charge is -2.23. The van der Waals surface area contributed by atoms with Crippen molar-refractivity contribution in [1.29, 1.82) is 0 Å². The number of nitrogens with one attached hydrogen (secondary N) is 1. The molecule has 1 aromatic rings. The first kappa shape index (κ1) is 14.9. The molecule has 0 amide bonds. The molecule has 0 aliphatic rings. The summed E-state index contributed by atoms with van der Waals surface area (Å²) in [6.45, 7) is 3.46. The lowest BCUT2D eigenvalue weighted by molar-refractivity contribution is 0.384. The van der Waals surface area contributed by atoms with E-state index in [9.17, 15) is 12.8 Å². The van der Waals surface area contributed by atoms with Gasteiger partial charge in [-0.3, -0.25) is 0 Å². The van der Waals surface area contributed by atoms with E-state index in [4.69, 9.17) is 10.5 Å². The van der Waals surface area contributed by atoms with E-state index < -0.39 is 21.4 Å². The Labute approximate surface area is 106 Å². The van der Waals surface area contributed by atoms with Gasteiger partial charge in [0.25, 0.3) is 0 Å². The molecular weight excluding hydrogens is 259 g/mol. The SMILES string of the molecule is COc1cc(S(=O)(=O)NC(C)(C)CN)ccc1F. The summed E-state index contributed by atoms with van der Waals surface area (Å²) in [6, 6.07) is 3.35. The van der Waals surface area contributed by atoms with Crippen molar-refractivity contribution in [1.82, 2.24) is 4.72 Å². The van der Waals surface area contributed by atoms with E-state index in [2.05, 4.69) is 4.72 Å². The monoisotopic (exact) mass is 276 g/mol. The molecule has 0 fully saturated rings. The predicted octanol–water partition coefficient (Wildman–Crippen LogP) is 0.850. The van der Waals surface area contributed by atoms with E-state index in [1.807, 2.05) is 0 Å². The molecule has 0 radical (unpaired) electrons. The molecule has 1 rings (SSSR count). The highest BCUT2D eigenvalue weighted by Gasteiger charge is 2.25.